The lowest BCUT2D eigenvalue weighted by Crippen LogP contribution is -2.44. The standard InChI is InChI=1S/C12H10N2O2/c13-7-10-9(6-11(15)14-12(10)16)8-4-2-1-3-5-8/h1-5,9-10H,6H2,(H,14,15,16). The SMILES string of the molecule is N#CC1C(=O)NC(=O)CC1c1ccccc1. The summed E-state index contributed by atoms with van der Waals surface area (Å²) in [6.07, 6.45) is 0.188. The monoisotopic (exact) mass is 214 g/mol. The molecule has 80 valence electrons. The van der Waals surface area contributed by atoms with Crippen LogP contribution in [0.5, 0.6) is 0 Å². The van der Waals surface area contributed by atoms with Gasteiger partial charge in [0.2, 0.25) is 11.8 Å². The number of rotatable bonds is 1. The molecule has 1 aromatic carbocycles. The first-order valence-electron chi connectivity index (χ1n) is 5.00. The number of piperidine rings is 1. The van der Waals surface area contributed by atoms with Crippen LogP contribution in [0.1, 0.15) is 17.9 Å². The number of nitriles is 1. The number of carbonyl (C=O) groups excluding carboxylic acids is 2. The van der Waals surface area contributed by atoms with E-state index < -0.39 is 11.8 Å². The lowest BCUT2D eigenvalue weighted by Gasteiger charge is -2.25. The summed E-state index contributed by atoms with van der Waals surface area (Å²) in [5.74, 6) is -1.91. The minimum Gasteiger partial charge on any atom is -0.295 e. The Balaban J connectivity index is 2.35. The van der Waals surface area contributed by atoms with Crippen LogP contribution in [0, 0.1) is 17.2 Å². The van der Waals surface area contributed by atoms with Crippen LogP contribution in [-0.4, -0.2) is 11.8 Å². The van der Waals surface area contributed by atoms with E-state index in [0.717, 1.165) is 5.56 Å². The molecule has 1 fully saturated rings. The number of hydrogen-bond donors (Lipinski definition) is 1. The normalized spacial score (nSPS) is 24.7. The molecule has 4 heteroatoms. The fourth-order valence-corrected chi connectivity index (χ4v) is 1.93. The Labute approximate surface area is 92.9 Å². The maximum absolute atomic E-state index is 11.5. The molecule has 0 aromatic heterocycles. The van der Waals surface area contributed by atoms with Crippen LogP contribution < -0.4 is 5.32 Å². The number of nitrogens with zero attached hydrogens (tertiary/aromatic N) is 1. The summed E-state index contributed by atoms with van der Waals surface area (Å²) < 4.78 is 0. The lowest BCUT2D eigenvalue weighted by atomic mass is 9.81. The van der Waals surface area contributed by atoms with Crippen LogP contribution in [-0.2, 0) is 9.59 Å². The van der Waals surface area contributed by atoms with Crippen molar-refractivity contribution in [2.75, 3.05) is 0 Å². The second kappa shape index (κ2) is 4.15. The van der Waals surface area contributed by atoms with Gasteiger partial charge >= 0.3 is 0 Å². The Hall–Kier alpha value is -2.15. The van der Waals surface area contributed by atoms with Crippen LogP contribution in [0.4, 0.5) is 0 Å². The summed E-state index contributed by atoms with van der Waals surface area (Å²) in [5, 5.41) is 11.1. The van der Waals surface area contributed by atoms with Crippen molar-refractivity contribution in [1.29, 1.82) is 5.26 Å². The van der Waals surface area contributed by atoms with E-state index in [2.05, 4.69) is 5.32 Å². The molecule has 0 bridgehead atoms. The highest BCUT2D eigenvalue weighted by molar-refractivity contribution is 6.00. The van der Waals surface area contributed by atoms with Gasteiger partial charge in [-0.1, -0.05) is 30.3 Å². The van der Waals surface area contributed by atoms with Crippen molar-refractivity contribution in [2.45, 2.75) is 12.3 Å². The molecule has 1 aromatic rings. The van der Waals surface area contributed by atoms with Crippen molar-refractivity contribution >= 4 is 11.8 Å². The summed E-state index contributed by atoms with van der Waals surface area (Å²) in [4.78, 5) is 22.7. The van der Waals surface area contributed by atoms with Gasteiger partial charge in [0.15, 0.2) is 0 Å². The number of carbonyl (C=O) groups is 2. The van der Waals surface area contributed by atoms with E-state index in [1.54, 1.807) is 0 Å². The first-order chi connectivity index (χ1) is 7.72. The van der Waals surface area contributed by atoms with Crippen molar-refractivity contribution in [2.24, 2.45) is 5.92 Å². The predicted octanol–water partition coefficient (Wildman–Crippen LogP) is 0.956. The third-order valence-electron chi connectivity index (χ3n) is 2.72. The van der Waals surface area contributed by atoms with E-state index in [0.29, 0.717) is 0 Å². The van der Waals surface area contributed by atoms with Gasteiger partial charge in [0, 0.05) is 12.3 Å². The van der Waals surface area contributed by atoms with Gasteiger partial charge in [0.1, 0.15) is 5.92 Å². The molecule has 1 aliphatic heterocycles. The van der Waals surface area contributed by atoms with Crippen molar-refractivity contribution in [1.82, 2.24) is 5.32 Å². The molecule has 0 radical (unpaired) electrons. The summed E-state index contributed by atoms with van der Waals surface area (Å²) in [7, 11) is 0. The second-order valence-electron chi connectivity index (χ2n) is 3.74. The number of hydrogen-bond acceptors (Lipinski definition) is 3. The Morgan fingerprint density at radius 2 is 1.94 bits per heavy atom. The molecule has 2 unspecified atom stereocenters. The Morgan fingerprint density at radius 3 is 2.56 bits per heavy atom. The third-order valence-corrected chi connectivity index (χ3v) is 2.72. The highest BCUT2D eigenvalue weighted by Gasteiger charge is 2.36. The summed E-state index contributed by atoms with van der Waals surface area (Å²) in [6, 6.07) is 11.2. The molecule has 2 atom stereocenters. The average molecular weight is 214 g/mol. The molecule has 0 spiro atoms. The van der Waals surface area contributed by atoms with E-state index in [4.69, 9.17) is 5.26 Å². The van der Waals surface area contributed by atoms with Gasteiger partial charge in [-0.2, -0.15) is 5.26 Å². The minimum atomic E-state index is -0.778. The first kappa shape index (κ1) is 10.4. The number of imide groups is 1. The second-order valence-corrected chi connectivity index (χ2v) is 3.74. The summed E-state index contributed by atoms with van der Waals surface area (Å²) in [6.45, 7) is 0. The molecule has 2 amide bonds. The molecule has 2 rings (SSSR count). The van der Waals surface area contributed by atoms with Gasteiger partial charge in [0.25, 0.3) is 0 Å². The maximum Gasteiger partial charge on any atom is 0.244 e. The van der Waals surface area contributed by atoms with Crippen LogP contribution >= 0.6 is 0 Å². The van der Waals surface area contributed by atoms with E-state index in [1.807, 2.05) is 36.4 Å². The molecule has 1 heterocycles. The molecule has 1 N–H and O–H groups in total. The molecular weight excluding hydrogens is 204 g/mol. The minimum absolute atomic E-state index is 0.188. The number of amides is 2. The molecule has 0 saturated carbocycles. The van der Waals surface area contributed by atoms with Gasteiger partial charge in [-0.05, 0) is 5.56 Å². The van der Waals surface area contributed by atoms with Gasteiger partial charge < -0.3 is 0 Å². The Kier molecular flexibility index (Phi) is 2.69. The van der Waals surface area contributed by atoms with E-state index in [-0.39, 0.29) is 18.2 Å². The first-order valence-corrected chi connectivity index (χ1v) is 5.00. The van der Waals surface area contributed by atoms with Crippen LogP contribution in [0.3, 0.4) is 0 Å². The van der Waals surface area contributed by atoms with Gasteiger partial charge in [-0.25, -0.2) is 0 Å². The van der Waals surface area contributed by atoms with Crippen molar-refractivity contribution in [3.8, 4) is 6.07 Å². The molecular formula is C12H10N2O2. The van der Waals surface area contributed by atoms with Crippen LogP contribution in [0.25, 0.3) is 0 Å². The molecule has 4 nitrogen and oxygen atoms in total. The topological polar surface area (TPSA) is 70.0 Å². The smallest absolute Gasteiger partial charge is 0.244 e. The zero-order valence-corrected chi connectivity index (χ0v) is 8.51. The van der Waals surface area contributed by atoms with Crippen molar-refractivity contribution in [3.63, 3.8) is 0 Å². The van der Waals surface area contributed by atoms with Crippen molar-refractivity contribution < 1.29 is 9.59 Å². The predicted molar refractivity (Wildman–Crippen MR) is 56.1 cm³/mol. The zero-order valence-electron chi connectivity index (χ0n) is 8.51. The fraction of sp³-hybridized carbons (Fsp3) is 0.250. The van der Waals surface area contributed by atoms with E-state index in [9.17, 15) is 9.59 Å². The highest BCUT2D eigenvalue weighted by Crippen LogP contribution is 2.30. The molecule has 1 aliphatic rings. The average Bonchev–Trinajstić information content (AvgIpc) is 2.29. The highest BCUT2D eigenvalue weighted by atomic mass is 16.2. The number of benzene rings is 1. The van der Waals surface area contributed by atoms with Crippen molar-refractivity contribution in [3.05, 3.63) is 35.9 Å². The summed E-state index contributed by atoms with van der Waals surface area (Å²) in [5.41, 5.74) is 0.859. The van der Waals surface area contributed by atoms with E-state index in [1.165, 1.54) is 0 Å². The molecule has 0 aliphatic carbocycles. The van der Waals surface area contributed by atoms with Gasteiger partial charge in [-0.15, -0.1) is 0 Å². The third kappa shape index (κ3) is 1.80. The lowest BCUT2D eigenvalue weighted by molar-refractivity contribution is -0.135. The van der Waals surface area contributed by atoms with Crippen LogP contribution in [0.2, 0.25) is 0 Å². The quantitative estimate of drug-likeness (QED) is 0.708. The van der Waals surface area contributed by atoms with E-state index >= 15 is 0 Å². The maximum atomic E-state index is 11.5. The van der Waals surface area contributed by atoms with Gasteiger partial charge in [0.05, 0.1) is 6.07 Å². The number of nitrogens with one attached hydrogen (secondary N) is 1. The Bertz CT molecular complexity index is 462. The largest absolute Gasteiger partial charge is 0.295 e. The summed E-state index contributed by atoms with van der Waals surface area (Å²) >= 11 is 0. The van der Waals surface area contributed by atoms with Gasteiger partial charge in [-0.3, -0.25) is 14.9 Å². The molecule has 1 saturated heterocycles. The Morgan fingerprint density at radius 1 is 1.25 bits per heavy atom. The van der Waals surface area contributed by atoms with Crippen LogP contribution in [0.15, 0.2) is 30.3 Å². The fourth-order valence-electron chi connectivity index (χ4n) is 1.93. The molecule has 16 heavy (non-hydrogen) atoms. The zero-order chi connectivity index (χ0) is 11.5.